The first-order valence-electron chi connectivity index (χ1n) is 7.59. The van der Waals surface area contributed by atoms with E-state index < -0.39 is 5.60 Å². The third kappa shape index (κ3) is 1.96. The van der Waals surface area contributed by atoms with Gasteiger partial charge in [-0.1, -0.05) is 30.3 Å². The molecule has 4 rings (SSSR count). The summed E-state index contributed by atoms with van der Waals surface area (Å²) in [5, 5.41) is 21.2. The summed E-state index contributed by atoms with van der Waals surface area (Å²) in [7, 11) is 0. The summed E-state index contributed by atoms with van der Waals surface area (Å²) in [5.41, 5.74) is 1.88. The van der Waals surface area contributed by atoms with Gasteiger partial charge in [0.25, 0.3) is 0 Å². The minimum absolute atomic E-state index is 0.0141. The lowest BCUT2D eigenvalue weighted by Crippen LogP contribution is -2.34. The Hall–Kier alpha value is -2.69. The highest BCUT2D eigenvalue weighted by Gasteiger charge is 2.50. The van der Waals surface area contributed by atoms with E-state index in [1.54, 1.807) is 6.21 Å². The van der Waals surface area contributed by atoms with Crippen molar-refractivity contribution in [2.75, 3.05) is 0 Å². The van der Waals surface area contributed by atoms with E-state index in [4.69, 9.17) is 4.74 Å². The highest BCUT2D eigenvalue weighted by molar-refractivity contribution is 5.80. The third-order valence-electron chi connectivity index (χ3n) is 4.46. The van der Waals surface area contributed by atoms with Gasteiger partial charge in [-0.3, -0.25) is 9.56 Å². The number of ether oxygens (including phenoxy) is 1. The summed E-state index contributed by atoms with van der Waals surface area (Å²) in [5.74, 6) is 0.285. The Morgan fingerprint density at radius 1 is 1.22 bits per heavy atom. The number of aromatic nitrogens is 1. The number of benzene rings is 1. The molecule has 0 bridgehead atoms. The number of dihydropyridines is 1. The van der Waals surface area contributed by atoms with Crippen LogP contribution in [-0.4, -0.2) is 26.6 Å². The largest absolute Gasteiger partial charge is 0.494 e. The minimum atomic E-state index is -0.662. The van der Waals surface area contributed by atoms with Crippen molar-refractivity contribution in [3.63, 3.8) is 0 Å². The quantitative estimate of drug-likeness (QED) is 0.895. The van der Waals surface area contributed by atoms with Crippen LogP contribution in [0.3, 0.4) is 0 Å². The van der Waals surface area contributed by atoms with Gasteiger partial charge in [-0.05, 0) is 31.1 Å². The monoisotopic (exact) mass is 310 g/mol. The van der Waals surface area contributed by atoms with Gasteiger partial charge in [-0.25, -0.2) is 0 Å². The molecule has 0 spiro atoms. The summed E-state index contributed by atoms with van der Waals surface area (Å²) in [6, 6.07) is 9.32. The molecule has 2 N–H and O–H groups in total. The van der Waals surface area contributed by atoms with Crippen LogP contribution in [0.4, 0.5) is 0 Å². The number of nitrogens with zero attached hydrogens (tertiary/aromatic N) is 2. The third-order valence-corrected chi connectivity index (χ3v) is 4.46. The van der Waals surface area contributed by atoms with Crippen LogP contribution in [0, 0.1) is 0 Å². The van der Waals surface area contributed by atoms with Gasteiger partial charge in [0.05, 0.1) is 12.1 Å². The molecule has 23 heavy (non-hydrogen) atoms. The first-order valence-corrected chi connectivity index (χ1v) is 7.59. The molecule has 0 saturated carbocycles. The molecule has 2 aliphatic rings. The van der Waals surface area contributed by atoms with Gasteiger partial charge >= 0.3 is 0 Å². The van der Waals surface area contributed by atoms with Crippen molar-refractivity contribution in [2.24, 2.45) is 4.99 Å². The van der Waals surface area contributed by atoms with Crippen molar-refractivity contribution in [1.82, 2.24) is 4.57 Å². The lowest BCUT2D eigenvalue weighted by Gasteiger charge is -2.29. The van der Waals surface area contributed by atoms with Crippen LogP contribution in [0.2, 0.25) is 0 Å². The summed E-state index contributed by atoms with van der Waals surface area (Å²) in [4.78, 5) is 4.51. The van der Waals surface area contributed by atoms with Crippen LogP contribution < -0.4 is 4.74 Å². The highest BCUT2D eigenvalue weighted by Crippen LogP contribution is 2.56. The summed E-state index contributed by atoms with van der Waals surface area (Å²) in [6.45, 7) is 4.24. The maximum Gasteiger partial charge on any atom is 0.238 e. The van der Waals surface area contributed by atoms with Crippen LogP contribution >= 0.6 is 0 Å². The number of rotatable bonds is 2. The van der Waals surface area contributed by atoms with E-state index in [1.165, 1.54) is 4.57 Å². The van der Waals surface area contributed by atoms with E-state index in [-0.39, 0.29) is 17.8 Å². The molecule has 5 nitrogen and oxygen atoms in total. The number of aliphatic imine (C=N–C) groups is 1. The van der Waals surface area contributed by atoms with E-state index >= 15 is 0 Å². The Morgan fingerprint density at radius 2 is 1.96 bits per heavy atom. The molecule has 0 fully saturated rings. The zero-order valence-corrected chi connectivity index (χ0v) is 13.0. The molecular formula is C18H18N2O3. The fraction of sp³-hybridized carbons (Fsp3) is 0.278. The predicted octanol–water partition coefficient (Wildman–Crippen LogP) is 3.17. The maximum atomic E-state index is 10.6. The topological polar surface area (TPSA) is 67.0 Å². The molecular weight excluding hydrogens is 292 g/mol. The molecule has 5 heteroatoms. The summed E-state index contributed by atoms with van der Waals surface area (Å²) >= 11 is 0. The van der Waals surface area contributed by atoms with Crippen molar-refractivity contribution in [1.29, 1.82) is 0 Å². The number of aromatic hydroxyl groups is 2. The standard InChI is InChI=1S/C18H18N2O3/c1-11-8-18(2)15(19-9-11)13-14(23-18)17(22)20(16(13)21)10-12-6-4-3-5-7-12/h3-9,15,21-22H,10H2,1-2H3/t15-,18-/m0/s1. The van der Waals surface area contributed by atoms with Gasteiger partial charge in [0.2, 0.25) is 11.8 Å². The Kier molecular flexibility index (Phi) is 2.82. The predicted molar refractivity (Wildman–Crippen MR) is 87.3 cm³/mol. The first kappa shape index (κ1) is 13.9. The lowest BCUT2D eigenvalue weighted by atomic mass is 9.90. The first-order chi connectivity index (χ1) is 11.0. The summed E-state index contributed by atoms with van der Waals surface area (Å²) < 4.78 is 7.44. The number of allylic oxidation sites excluding steroid dienone is 1. The van der Waals surface area contributed by atoms with Crippen molar-refractivity contribution < 1.29 is 14.9 Å². The van der Waals surface area contributed by atoms with Crippen molar-refractivity contribution in [2.45, 2.75) is 32.0 Å². The van der Waals surface area contributed by atoms with Gasteiger partial charge in [0.15, 0.2) is 11.4 Å². The van der Waals surface area contributed by atoms with Gasteiger partial charge in [0.1, 0.15) is 6.04 Å². The van der Waals surface area contributed by atoms with Crippen LogP contribution in [0.15, 0.2) is 47.0 Å². The van der Waals surface area contributed by atoms with Crippen LogP contribution in [-0.2, 0) is 6.54 Å². The normalized spacial score (nSPS) is 24.8. The molecule has 0 saturated heterocycles. The molecule has 0 unspecified atom stereocenters. The fourth-order valence-electron chi connectivity index (χ4n) is 3.43. The van der Waals surface area contributed by atoms with Crippen LogP contribution in [0.5, 0.6) is 17.5 Å². The van der Waals surface area contributed by atoms with Crippen molar-refractivity contribution in [3.05, 3.63) is 53.1 Å². The molecule has 1 aromatic carbocycles. The zero-order valence-electron chi connectivity index (χ0n) is 13.0. The van der Waals surface area contributed by atoms with Gasteiger partial charge in [-0.2, -0.15) is 0 Å². The fourth-order valence-corrected chi connectivity index (χ4v) is 3.43. The molecule has 3 heterocycles. The molecule has 0 radical (unpaired) electrons. The Morgan fingerprint density at radius 3 is 2.70 bits per heavy atom. The van der Waals surface area contributed by atoms with Crippen LogP contribution in [0.25, 0.3) is 0 Å². The SMILES string of the molecule is CC1=C[C@]2(C)Oc3c(c(O)n(Cc4ccccc4)c3O)[C@@H]2N=C1. The summed E-state index contributed by atoms with van der Waals surface area (Å²) in [6.07, 6.45) is 3.75. The Labute approximate surface area is 134 Å². The van der Waals surface area contributed by atoms with E-state index in [2.05, 4.69) is 4.99 Å². The molecule has 2 aliphatic heterocycles. The minimum Gasteiger partial charge on any atom is -0.494 e. The zero-order chi connectivity index (χ0) is 16.2. The van der Waals surface area contributed by atoms with Gasteiger partial charge in [0, 0.05) is 6.21 Å². The molecule has 2 aromatic rings. The second-order valence-electron chi connectivity index (χ2n) is 6.32. The molecule has 2 atom stereocenters. The van der Waals surface area contributed by atoms with Gasteiger partial charge in [-0.15, -0.1) is 0 Å². The molecule has 0 aliphatic carbocycles. The lowest BCUT2D eigenvalue weighted by molar-refractivity contribution is 0.134. The van der Waals surface area contributed by atoms with Gasteiger partial charge < -0.3 is 14.9 Å². The Balaban J connectivity index is 1.78. The second kappa shape index (κ2) is 4.65. The molecule has 0 amide bonds. The smallest absolute Gasteiger partial charge is 0.238 e. The van der Waals surface area contributed by atoms with E-state index in [0.29, 0.717) is 17.9 Å². The second-order valence-corrected chi connectivity index (χ2v) is 6.32. The average molecular weight is 310 g/mol. The van der Waals surface area contributed by atoms with E-state index in [1.807, 2.05) is 50.3 Å². The van der Waals surface area contributed by atoms with Crippen LogP contribution in [0.1, 0.15) is 31.0 Å². The highest BCUT2D eigenvalue weighted by atomic mass is 16.5. The average Bonchev–Trinajstić information content (AvgIpc) is 2.94. The van der Waals surface area contributed by atoms with Crippen molar-refractivity contribution >= 4 is 6.21 Å². The Bertz CT molecular complexity index is 836. The van der Waals surface area contributed by atoms with E-state index in [9.17, 15) is 10.2 Å². The number of hydrogen-bond acceptors (Lipinski definition) is 4. The maximum absolute atomic E-state index is 10.6. The number of fused-ring (bicyclic) bond motifs is 3. The number of hydrogen-bond donors (Lipinski definition) is 2. The molecule has 118 valence electrons. The van der Waals surface area contributed by atoms with Crippen molar-refractivity contribution in [3.8, 4) is 17.5 Å². The molecule has 1 aromatic heterocycles. The van der Waals surface area contributed by atoms with E-state index in [0.717, 1.165) is 11.1 Å².